The Morgan fingerprint density at radius 2 is 2.05 bits per heavy atom. The van der Waals surface area contributed by atoms with Gasteiger partial charge in [-0.1, -0.05) is 18.7 Å². The molecule has 9 nitrogen and oxygen atoms in total. The van der Waals surface area contributed by atoms with E-state index >= 15 is 0 Å². The largest absolute Gasteiger partial charge is 0.432 e. The quantitative estimate of drug-likeness (QED) is 0.318. The van der Waals surface area contributed by atoms with Gasteiger partial charge in [-0.15, -0.1) is 0 Å². The van der Waals surface area contributed by atoms with E-state index in [1.54, 1.807) is 17.3 Å². The highest BCUT2D eigenvalue weighted by molar-refractivity contribution is 6.01. The third-order valence-corrected chi connectivity index (χ3v) is 5.97. The summed E-state index contributed by atoms with van der Waals surface area (Å²) in [5.74, 6) is 0.246. The van der Waals surface area contributed by atoms with Crippen molar-refractivity contribution in [3.8, 4) is 17.1 Å². The number of oxazole rings is 1. The molecule has 5 aromatic rings. The number of aryl methyl sites for hydroxylation is 1. The van der Waals surface area contributed by atoms with E-state index in [1.807, 2.05) is 62.4 Å². The standard InChI is InChI=1S/C28H24N6O3/c1-4-24(35)33(5-2)22-8-6-7-21(16-22)31-27-30-17-20-15-19(9-10-23(20)32-27)25-18(3)11-13-34(26(25)36)28-29-12-14-37-28/h4,6-17H,1,5H2,2-3H3,(H,30,31,32). The zero-order valence-electron chi connectivity index (χ0n) is 20.4. The number of nitrogens with zero attached hydrogens (tertiary/aromatic N) is 5. The lowest BCUT2D eigenvalue weighted by Gasteiger charge is -2.20. The molecule has 1 amide bonds. The van der Waals surface area contributed by atoms with Gasteiger partial charge < -0.3 is 14.6 Å². The maximum atomic E-state index is 13.2. The predicted octanol–water partition coefficient (Wildman–Crippen LogP) is 5.03. The second-order valence-electron chi connectivity index (χ2n) is 8.29. The second kappa shape index (κ2) is 9.90. The minimum absolute atomic E-state index is 0.168. The van der Waals surface area contributed by atoms with Crippen LogP contribution in [0.2, 0.25) is 0 Å². The average molecular weight is 493 g/mol. The fraction of sp³-hybridized carbons (Fsp3) is 0.107. The van der Waals surface area contributed by atoms with Gasteiger partial charge in [0.1, 0.15) is 6.26 Å². The van der Waals surface area contributed by atoms with E-state index in [1.165, 1.54) is 23.1 Å². The maximum Gasteiger partial charge on any atom is 0.308 e. The van der Waals surface area contributed by atoms with Crippen molar-refractivity contribution < 1.29 is 9.21 Å². The van der Waals surface area contributed by atoms with E-state index in [0.29, 0.717) is 18.1 Å². The lowest BCUT2D eigenvalue weighted by molar-refractivity contribution is -0.114. The smallest absolute Gasteiger partial charge is 0.308 e. The molecule has 0 aliphatic rings. The number of benzene rings is 2. The fourth-order valence-electron chi connectivity index (χ4n) is 4.17. The summed E-state index contributed by atoms with van der Waals surface area (Å²) in [6, 6.07) is 15.1. The Labute approximate surface area is 212 Å². The topological polar surface area (TPSA) is 106 Å². The fourth-order valence-corrected chi connectivity index (χ4v) is 4.17. The first-order chi connectivity index (χ1) is 18.0. The average Bonchev–Trinajstić information content (AvgIpc) is 3.44. The van der Waals surface area contributed by atoms with Crippen molar-refractivity contribution >= 4 is 34.1 Å². The molecule has 0 saturated heterocycles. The van der Waals surface area contributed by atoms with Gasteiger partial charge in [0, 0.05) is 35.7 Å². The molecule has 9 heteroatoms. The van der Waals surface area contributed by atoms with Crippen LogP contribution in [-0.2, 0) is 4.79 Å². The summed E-state index contributed by atoms with van der Waals surface area (Å²) in [4.78, 5) is 40.2. The molecule has 3 aromatic heterocycles. The van der Waals surface area contributed by atoms with Crippen LogP contribution in [-0.4, -0.2) is 32.0 Å². The van der Waals surface area contributed by atoms with Crippen molar-refractivity contribution in [2.24, 2.45) is 0 Å². The molecule has 0 spiro atoms. The normalized spacial score (nSPS) is 10.9. The SMILES string of the molecule is C=CC(=O)N(CC)c1cccc(Nc2ncc3cc(-c4c(C)ccn(-c5ncco5)c4=O)ccc3n2)c1. The third-order valence-electron chi connectivity index (χ3n) is 5.97. The predicted molar refractivity (Wildman–Crippen MR) is 143 cm³/mol. The Balaban J connectivity index is 1.45. The number of amides is 1. The molecule has 0 radical (unpaired) electrons. The Hall–Kier alpha value is -5.05. The number of pyridine rings is 1. The van der Waals surface area contributed by atoms with Crippen LogP contribution in [0.25, 0.3) is 28.0 Å². The Kier molecular flexibility index (Phi) is 6.34. The van der Waals surface area contributed by atoms with Gasteiger partial charge in [0.2, 0.25) is 11.9 Å². The Morgan fingerprint density at radius 3 is 2.81 bits per heavy atom. The third kappa shape index (κ3) is 4.62. The molecule has 0 bridgehead atoms. The van der Waals surface area contributed by atoms with Crippen LogP contribution < -0.4 is 15.8 Å². The molecule has 0 aliphatic heterocycles. The van der Waals surface area contributed by atoms with E-state index in [0.717, 1.165) is 33.4 Å². The van der Waals surface area contributed by atoms with Gasteiger partial charge in [-0.05, 0) is 67.4 Å². The number of hydrogen-bond acceptors (Lipinski definition) is 7. The molecule has 2 aromatic carbocycles. The van der Waals surface area contributed by atoms with E-state index in [9.17, 15) is 9.59 Å². The van der Waals surface area contributed by atoms with Crippen LogP contribution in [0.15, 0.2) is 95.3 Å². The minimum Gasteiger partial charge on any atom is -0.432 e. The van der Waals surface area contributed by atoms with Crippen LogP contribution in [0.5, 0.6) is 0 Å². The molecular formula is C28H24N6O3. The molecule has 0 unspecified atom stereocenters. The molecule has 5 rings (SSSR count). The summed E-state index contributed by atoms with van der Waals surface area (Å²) >= 11 is 0. The first-order valence-corrected chi connectivity index (χ1v) is 11.7. The number of carbonyl (C=O) groups is 1. The summed E-state index contributed by atoms with van der Waals surface area (Å²) in [6.45, 7) is 7.89. The van der Waals surface area contributed by atoms with Gasteiger partial charge in [0.15, 0.2) is 0 Å². The molecule has 0 saturated carbocycles. The number of rotatable bonds is 7. The van der Waals surface area contributed by atoms with Gasteiger partial charge >= 0.3 is 6.01 Å². The van der Waals surface area contributed by atoms with Crippen molar-refractivity contribution in [2.45, 2.75) is 13.8 Å². The van der Waals surface area contributed by atoms with Gasteiger partial charge in [0.05, 0.1) is 17.3 Å². The zero-order chi connectivity index (χ0) is 25.9. The zero-order valence-corrected chi connectivity index (χ0v) is 20.4. The van der Waals surface area contributed by atoms with Crippen LogP contribution >= 0.6 is 0 Å². The first-order valence-electron chi connectivity index (χ1n) is 11.7. The maximum absolute atomic E-state index is 13.2. The number of fused-ring (bicyclic) bond motifs is 1. The van der Waals surface area contributed by atoms with Crippen molar-refractivity contribution in [2.75, 3.05) is 16.8 Å². The van der Waals surface area contributed by atoms with E-state index in [-0.39, 0.29) is 17.5 Å². The van der Waals surface area contributed by atoms with Crippen molar-refractivity contribution in [3.05, 3.63) is 102 Å². The molecule has 0 fully saturated rings. The highest BCUT2D eigenvalue weighted by atomic mass is 16.4. The minimum atomic E-state index is -0.225. The molecular weight excluding hydrogens is 468 g/mol. The van der Waals surface area contributed by atoms with Gasteiger partial charge in [-0.3, -0.25) is 9.59 Å². The Morgan fingerprint density at radius 1 is 1.19 bits per heavy atom. The van der Waals surface area contributed by atoms with Gasteiger partial charge in [-0.25, -0.2) is 19.5 Å². The highest BCUT2D eigenvalue weighted by Gasteiger charge is 2.15. The molecule has 3 heterocycles. The number of aromatic nitrogens is 4. The van der Waals surface area contributed by atoms with Crippen LogP contribution in [0.4, 0.5) is 17.3 Å². The van der Waals surface area contributed by atoms with E-state index < -0.39 is 0 Å². The number of nitrogens with one attached hydrogen (secondary N) is 1. The molecule has 0 aliphatic carbocycles. The number of hydrogen-bond donors (Lipinski definition) is 1. The lowest BCUT2D eigenvalue weighted by atomic mass is 10.0. The van der Waals surface area contributed by atoms with Crippen LogP contribution in [0, 0.1) is 6.92 Å². The molecule has 184 valence electrons. The lowest BCUT2D eigenvalue weighted by Crippen LogP contribution is -2.28. The number of likely N-dealkylation sites (N-methyl/N-ethyl adjacent to an activating group) is 1. The van der Waals surface area contributed by atoms with Gasteiger partial charge in [0.25, 0.3) is 5.56 Å². The summed E-state index contributed by atoms with van der Waals surface area (Å²) in [5, 5.41) is 3.99. The van der Waals surface area contributed by atoms with E-state index in [2.05, 4.69) is 26.8 Å². The van der Waals surface area contributed by atoms with Gasteiger partial charge in [-0.2, -0.15) is 0 Å². The monoisotopic (exact) mass is 492 g/mol. The summed E-state index contributed by atoms with van der Waals surface area (Å²) < 4.78 is 6.69. The van der Waals surface area contributed by atoms with Crippen molar-refractivity contribution in [3.63, 3.8) is 0 Å². The molecule has 37 heavy (non-hydrogen) atoms. The highest BCUT2D eigenvalue weighted by Crippen LogP contribution is 2.26. The number of carbonyl (C=O) groups excluding carboxylic acids is 1. The first kappa shape index (κ1) is 23.7. The number of anilines is 3. The second-order valence-corrected chi connectivity index (χ2v) is 8.29. The molecule has 0 atom stereocenters. The molecule has 1 N–H and O–H groups in total. The Bertz CT molecular complexity index is 1670. The van der Waals surface area contributed by atoms with E-state index in [4.69, 9.17) is 4.42 Å². The van der Waals surface area contributed by atoms with Crippen LogP contribution in [0.3, 0.4) is 0 Å². The van der Waals surface area contributed by atoms with Crippen molar-refractivity contribution in [1.82, 2.24) is 19.5 Å². The summed E-state index contributed by atoms with van der Waals surface area (Å²) in [7, 11) is 0. The summed E-state index contributed by atoms with van der Waals surface area (Å²) in [6.07, 6.45) is 7.58. The summed E-state index contributed by atoms with van der Waals surface area (Å²) in [5.41, 5.74) is 4.12. The van der Waals surface area contributed by atoms with Crippen molar-refractivity contribution in [1.29, 1.82) is 0 Å². The van der Waals surface area contributed by atoms with Crippen LogP contribution in [0.1, 0.15) is 12.5 Å².